The third-order valence-corrected chi connectivity index (χ3v) is 5.50. The molecule has 3 rings (SSSR count). The van der Waals surface area contributed by atoms with E-state index in [0.29, 0.717) is 17.2 Å². The van der Waals surface area contributed by atoms with Gasteiger partial charge < -0.3 is 9.84 Å². The monoisotopic (exact) mass is 433 g/mol. The second-order valence-corrected chi connectivity index (χ2v) is 8.35. The van der Waals surface area contributed by atoms with E-state index in [1.807, 2.05) is 54.6 Å². The van der Waals surface area contributed by atoms with Gasteiger partial charge in [0.25, 0.3) is 0 Å². The molecular formula is C27H28ClNO2. The zero-order valence-corrected chi connectivity index (χ0v) is 18.8. The van der Waals surface area contributed by atoms with Crippen LogP contribution < -0.4 is 4.74 Å². The van der Waals surface area contributed by atoms with E-state index in [2.05, 4.69) is 37.6 Å². The summed E-state index contributed by atoms with van der Waals surface area (Å²) in [5.74, 6) is 0.990. The van der Waals surface area contributed by atoms with Gasteiger partial charge >= 0.3 is 0 Å². The second kappa shape index (κ2) is 10.3. The van der Waals surface area contributed by atoms with Crippen LogP contribution in [0, 0.1) is 0 Å². The Morgan fingerprint density at radius 2 is 1.77 bits per heavy atom. The van der Waals surface area contributed by atoms with Gasteiger partial charge in [0.1, 0.15) is 11.5 Å². The van der Waals surface area contributed by atoms with Gasteiger partial charge in [-0.2, -0.15) is 0 Å². The number of hydrogen-bond donors (Lipinski definition) is 1. The Morgan fingerprint density at radius 3 is 2.45 bits per heavy atom. The highest BCUT2D eigenvalue weighted by molar-refractivity contribution is 6.31. The Morgan fingerprint density at radius 1 is 1.06 bits per heavy atom. The summed E-state index contributed by atoms with van der Waals surface area (Å²) in [5.41, 5.74) is 2.79. The standard InChI is InChI=1S/C27H28ClNO2/c1-4-5-9-16-31-24-14-12-23(13-15-24)29-19-20-17-22(28)18-25(26(20)30)27(2,3)21-10-7-6-8-11-21/h4,6-8,10-15,17-19,30H,1,5,9,16H2,2-3H3. The minimum atomic E-state index is -0.413. The smallest absolute Gasteiger partial charge is 0.128 e. The van der Waals surface area contributed by atoms with Gasteiger partial charge in [0.15, 0.2) is 0 Å². The lowest BCUT2D eigenvalue weighted by atomic mass is 9.77. The van der Waals surface area contributed by atoms with Gasteiger partial charge in [-0.1, -0.05) is 61.9 Å². The molecule has 0 fully saturated rings. The van der Waals surface area contributed by atoms with E-state index in [1.165, 1.54) is 0 Å². The molecule has 3 aromatic rings. The molecule has 3 aromatic carbocycles. The first-order chi connectivity index (χ1) is 14.9. The molecule has 0 atom stereocenters. The maximum atomic E-state index is 11.0. The first-order valence-electron chi connectivity index (χ1n) is 10.4. The summed E-state index contributed by atoms with van der Waals surface area (Å²) in [6.45, 7) is 8.51. The average Bonchev–Trinajstić information content (AvgIpc) is 2.78. The van der Waals surface area contributed by atoms with Crippen molar-refractivity contribution in [1.82, 2.24) is 0 Å². The molecule has 0 aliphatic heterocycles. The van der Waals surface area contributed by atoms with Gasteiger partial charge in [-0.25, -0.2) is 0 Å². The van der Waals surface area contributed by atoms with Crippen molar-refractivity contribution in [1.29, 1.82) is 0 Å². The van der Waals surface area contributed by atoms with Gasteiger partial charge in [-0.15, -0.1) is 6.58 Å². The van der Waals surface area contributed by atoms with Crippen molar-refractivity contribution in [2.45, 2.75) is 32.1 Å². The third kappa shape index (κ3) is 5.77. The molecule has 0 bridgehead atoms. The van der Waals surface area contributed by atoms with E-state index < -0.39 is 5.41 Å². The van der Waals surface area contributed by atoms with Gasteiger partial charge in [-0.05, 0) is 54.8 Å². The summed E-state index contributed by atoms with van der Waals surface area (Å²) in [6, 6.07) is 21.2. The maximum absolute atomic E-state index is 11.0. The summed E-state index contributed by atoms with van der Waals surface area (Å²) >= 11 is 6.39. The molecule has 0 heterocycles. The quantitative estimate of drug-likeness (QED) is 0.216. The van der Waals surface area contributed by atoms with Crippen LogP contribution in [0.2, 0.25) is 5.02 Å². The molecule has 1 N–H and O–H groups in total. The van der Waals surface area contributed by atoms with Crippen molar-refractivity contribution in [2.24, 2.45) is 4.99 Å². The van der Waals surface area contributed by atoms with Crippen molar-refractivity contribution >= 4 is 23.5 Å². The Balaban J connectivity index is 1.81. The number of hydrogen-bond acceptors (Lipinski definition) is 3. The first kappa shape index (κ1) is 22.6. The second-order valence-electron chi connectivity index (χ2n) is 7.91. The topological polar surface area (TPSA) is 41.8 Å². The van der Waals surface area contributed by atoms with Crippen LogP contribution in [-0.4, -0.2) is 17.9 Å². The minimum Gasteiger partial charge on any atom is -0.507 e. The number of aromatic hydroxyl groups is 1. The first-order valence-corrected chi connectivity index (χ1v) is 10.8. The van der Waals surface area contributed by atoms with E-state index >= 15 is 0 Å². The highest BCUT2D eigenvalue weighted by atomic mass is 35.5. The number of halogens is 1. The summed E-state index contributed by atoms with van der Waals surface area (Å²) < 4.78 is 5.70. The largest absolute Gasteiger partial charge is 0.507 e. The Kier molecular flexibility index (Phi) is 7.54. The molecule has 0 amide bonds. The molecule has 4 heteroatoms. The van der Waals surface area contributed by atoms with Crippen LogP contribution in [0.5, 0.6) is 11.5 Å². The highest BCUT2D eigenvalue weighted by Crippen LogP contribution is 2.40. The predicted molar refractivity (Wildman–Crippen MR) is 130 cm³/mol. The number of aliphatic imine (C=N–C) groups is 1. The molecule has 31 heavy (non-hydrogen) atoms. The molecule has 3 nitrogen and oxygen atoms in total. The zero-order valence-electron chi connectivity index (χ0n) is 18.0. The number of rotatable bonds is 9. The summed E-state index contributed by atoms with van der Waals surface area (Å²) in [4.78, 5) is 4.51. The Hall–Kier alpha value is -3.04. The molecule has 0 aliphatic rings. The zero-order chi connectivity index (χ0) is 22.3. The Labute approximate surface area is 189 Å². The lowest BCUT2D eigenvalue weighted by Gasteiger charge is -2.27. The van der Waals surface area contributed by atoms with Crippen molar-refractivity contribution < 1.29 is 9.84 Å². The highest BCUT2D eigenvalue weighted by Gasteiger charge is 2.27. The number of benzene rings is 3. The fraction of sp³-hybridized carbons (Fsp3) is 0.222. The van der Waals surface area contributed by atoms with E-state index in [4.69, 9.17) is 16.3 Å². The molecular weight excluding hydrogens is 406 g/mol. The fourth-order valence-corrected chi connectivity index (χ4v) is 3.62. The summed E-state index contributed by atoms with van der Waals surface area (Å²) in [6.07, 6.45) is 5.41. The van der Waals surface area contributed by atoms with Crippen molar-refractivity contribution in [3.8, 4) is 11.5 Å². The molecule has 0 aromatic heterocycles. The summed E-state index contributed by atoms with van der Waals surface area (Å²) in [7, 11) is 0. The number of nitrogens with zero attached hydrogens (tertiary/aromatic N) is 1. The number of phenols is 1. The predicted octanol–water partition coefficient (Wildman–Crippen LogP) is 7.47. The van der Waals surface area contributed by atoms with Crippen molar-refractivity contribution in [2.75, 3.05) is 6.61 Å². The van der Waals surface area contributed by atoms with Crippen molar-refractivity contribution in [3.63, 3.8) is 0 Å². The van der Waals surface area contributed by atoms with Crippen molar-refractivity contribution in [3.05, 3.63) is 101 Å². The van der Waals surface area contributed by atoms with E-state index in [-0.39, 0.29) is 5.75 Å². The minimum absolute atomic E-state index is 0.184. The molecule has 0 unspecified atom stereocenters. The van der Waals surface area contributed by atoms with E-state index in [0.717, 1.165) is 35.4 Å². The van der Waals surface area contributed by atoms with Crippen LogP contribution >= 0.6 is 11.6 Å². The van der Waals surface area contributed by atoms with Crippen LogP contribution in [0.3, 0.4) is 0 Å². The number of allylic oxidation sites excluding steroid dienone is 1. The van der Waals surface area contributed by atoms with E-state index in [9.17, 15) is 5.11 Å². The van der Waals surface area contributed by atoms with Crippen LogP contribution in [0.4, 0.5) is 5.69 Å². The Bertz CT molecular complexity index is 1040. The van der Waals surface area contributed by atoms with E-state index in [1.54, 1.807) is 12.3 Å². The molecule has 0 saturated heterocycles. The van der Waals surface area contributed by atoms with Crippen LogP contribution in [0.25, 0.3) is 0 Å². The van der Waals surface area contributed by atoms with Crippen LogP contribution in [-0.2, 0) is 5.41 Å². The lowest BCUT2D eigenvalue weighted by Crippen LogP contribution is -2.19. The summed E-state index contributed by atoms with van der Waals surface area (Å²) in [5, 5.41) is 11.6. The molecule has 0 spiro atoms. The maximum Gasteiger partial charge on any atom is 0.128 e. The van der Waals surface area contributed by atoms with Gasteiger partial charge in [0.2, 0.25) is 0 Å². The normalized spacial score (nSPS) is 11.6. The molecule has 160 valence electrons. The number of phenolic OH excluding ortho intramolecular Hbond substituents is 1. The molecule has 0 aliphatic carbocycles. The number of ether oxygens (including phenoxy) is 1. The number of unbranched alkanes of at least 4 members (excludes halogenated alkanes) is 1. The van der Waals surface area contributed by atoms with Gasteiger partial charge in [-0.3, -0.25) is 4.99 Å². The molecule has 0 saturated carbocycles. The fourth-order valence-electron chi connectivity index (χ4n) is 3.40. The lowest BCUT2D eigenvalue weighted by molar-refractivity contribution is 0.312. The molecule has 0 radical (unpaired) electrons. The third-order valence-electron chi connectivity index (χ3n) is 5.28. The van der Waals surface area contributed by atoms with Crippen LogP contribution in [0.15, 0.2) is 84.4 Å². The van der Waals surface area contributed by atoms with Gasteiger partial charge in [0, 0.05) is 27.8 Å². The average molecular weight is 434 g/mol. The SMILES string of the molecule is C=CCCCOc1ccc(N=Cc2cc(Cl)cc(C(C)(C)c3ccccc3)c2O)cc1. The van der Waals surface area contributed by atoms with Gasteiger partial charge in [0.05, 0.1) is 12.3 Å². The van der Waals surface area contributed by atoms with Crippen LogP contribution in [0.1, 0.15) is 43.4 Å².